The molecule has 1 aliphatic heterocycles. The first-order valence-electron chi connectivity index (χ1n) is 7.47. The molecule has 1 saturated heterocycles. The lowest BCUT2D eigenvalue weighted by atomic mass is 10.1. The molecule has 1 aromatic carbocycles. The molecule has 0 aromatic heterocycles. The fraction of sp³-hybridized carbons (Fsp3) is 0.625. The number of rotatable bonds is 7. The van der Waals surface area contributed by atoms with Crippen molar-refractivity contribution in [2.24, 2.45) is 0 Å². The van der Waals surface area contributed by atoms with Crippen LogP contribution in [0.1, 0.15) is 24.9 Å². The van der Waals surface area contributed by atoms with Crippen molar-refractivity contribution in [2.45, 2.75) is 19.4 Å². The van der Waals surface area contributed by atoms with E-state index in [1.807, 2.05) is 12.1 Å². The van der Waals surface area contributed by atoms with E-state index in [1.54, 1.807) is 7.11 Å². The molecule has 2 rings (SSSR count). The van der Waals surface area contributed by atoms with Crippen LogP contribution in [0.15, 0.2) is 24.3 Å². The van der Waals surface area contributed by atoms with Gasteiger partial charge in [-0.15, -0.1) is 0 Å². The maximum absolute atomic E-state index is 5.35. The van der Waals surface area contributed by atoms with E-state index in [9.17, 15) is 0 Å². The second-order valence-corrected chi connectivity index (χ2v) is 5.26. The van der Waals surface area contributed by atoms with E-state index in [0.717, 1.165) is 45.1 Å². The zero-order valence-electron chi connectivity index (χ0n) is 12.6. The summed E-state index contributed by atoms with van der Waals surface area (Å²) in [4.78, 5) is 2.48. The summed E-state index contributed by atoms with van der Waals surface area (Å²) in [5.74, 6) is 0.910. The molecule has 1 heterocycles. The predicted molar refractivity (Wildman–Crippen MR) is 81.3 cm³/mol. The number of nitrogens with one attached hydrogen (secondary N) is 1. The third kappa shape index (κ3) is 4.78. The number of nitrogens with zero attached hydrogens (tertiary/aromatic N) is 1. The Bertz CT molecular complexity index is 375. The quantitative estimate of drug-likeness (QED) is 0.774. The highest BCUT2D eigenvalue weighted by molar-refractivity contribution is 5.28. The van der Waals surface area contributed by atoms with E-state index in [2.05, 4.69) is 29.3 Å². The van der Waals surface area contributed by atoms with Gasteiger partial charge in [-0.3, -0.25) is 4.90 Å². The molecule has 4 heteroatoms. The minimum Gasteiger partial charge on any atom is -0.497 e. The molecule has 0 spiro atoms. The SMILES string of the molecule is COc1ccc(C(C)NCCCN2CCOCC2)cc1. The minimum absolute atomic E-state index is 0.380. The van der Waals surface area contributed by atoms with Crippen LogP contribution < -0.4 is 10.1 Å². The molecule has 0 amide bonds. The van der Waals surface area contributed by atoms with Crippen LogP contribution in [-0.4, -0.2) is 51.4 Å². The fourth-order valence-corrected chi connectivity index (χ4v) is 2.46. The molecule has 1 fully saturated rings. The number of benzene rings is 1. The zero-order valence-corrected chi connectivity index (χ0v) is 12.6. The molecular weight excluding hydrogens is 252 g/mol. The highest BCUT2D eigenvalue weighted by Gasteiger charge is 2.10. The lowest BCUT2D eigenvalue weighted by molar-refractivity contribution is 0.0374. The highest BCUT2D eigenvalue weighted by Crippen LogP contribution is 2.17. The molecular formula is C16H26N2O2. The van der Waals surface area contributed by atoms with Gasteiger partial charge >= 0.3 is 0 Å². The second-order valence-electron chi connectivity index (χ2n) is 5.26. The molecule has 1 aliphatic rings. The first-order chi connectivity index (χ1) is 9.79. The monoisotopic (exact) mass is 278 g/mol. The van der Waals surface area contributed by atoms with Crippen molar-refractivity contribution in [3.05, 3.63) is 29.8 Å². The van der Waals surface area contributed by atoms with E-state index in [0.29, 0.717) is 6.04 Å². The normalized spacial score (nSPS) is 17.9. The van der Waals surface area contributed by atoms with Gasteiger partial charge in [0.15, 0.2) is 0 Å². The summed E-state index contributed by atoms with van der Waals surface area (Å²) in [7, 11) is 1.70. The van der Waals surface area contributed by atoms with Crippen LogP contribution in [-0.2, 0) is 4.74 Å². The van der Waals surface area contributed by atoms with Crippen LogP contribution in [0.4, 0.5) is 0 Å². The molecule has 1 atom stereocenters. The van der Waals surface area contributed by atoms with Crippen molar-refractivity contribution in [3.63, 3.8) is 0 Å². The zero-order chi connectivity index (χ0) is 14.2. The van der Waals surface area contributed by atoms with Crippen LogP contribution in [0, 0.1) is 0 Å². The highest BCUT2D eigenvalue weighted by atomic mass is 16.5. The fourth-order valence-electron chi connectivity index (χ4n) is 2.46. The summed E-state index contributed by atoms with van der Waals surface area (Å²) in [6.07, 6.45) is 1.18. The van der Waals surface area contributed by atoms with Crippen molar-refractivity contribution in [3.8, 4) is 5.75 Å². The van der Waals surface area contributed by atoms with Gasteiger partial charge in [0.25, 0.3) is 0 Å². The van der Waals surface area contributed by atoms with Gasteiger partial charge in [-0.05, 0) is 44.1 Å². The summed E-state index contributed by atoms with van der Waals surface area (Å²) in [5, 5.41) is 3.58. The Morgan fingerprint density at radius 1 is 1.25 bits per heavy atom. The molecule has 0 bridgehead atoms. The van der Waals surface area contributed by atoms with Crippen molar-refractivity contribution in [2.75, 3.05) is 46.5 Å². The van der Waals surface area contributed by atoms with Crippen LogP contribution in [0.3, 0.4) is 0 Å². The lowest BCUT2D eigenvalue weighted by Crippen LogP contribution is -2.37. The van der Waals surface area contributed by atoms with Gasteiger partial charge in [-0.25, -0.2) is 0 Å². The van der Waals surface area contributed by atoms with Crippen molar-refractivity contribution in [1.82, 2.24) is 10.2 Å². The molecule has 0 saturated carbocycles. The average molecular weight is 278 g/mol. The van der Waals surface area contributed by atoms with E-state index in [4.69, 9.17) is 9.47 Å². The van der Waals surface area contributed by atoms with Crippen LogP contribution >= 0.6 is 0 Å². The Hall–Kier alpha value is -1.10. The molecule has 112 valence electrons. The van der Waals surface area contributed by atoms with E-state index >= 15 is 0 Å². The number of methoxy groups -OCH3 is 1. The molecule has 0 aliphatic carbocycles. The first kappa shape index (κ1) is 15.3. The standard InChI is InChI=1S/C16H26N2O2/c1-14(15-4-6-16(19-2)7-5-15)17-8-3-9-18-10-12-20-13-11-18/h4-7,14,17H,3,8-13H2,1-2H3. The van der Waals surface area contributed by atoms with Crippen LogP contribution in [0.5, 0.6) is 5.75 Å². The molecule has 4 nitrogen and oxygen atoms in total. The number of hydrogen-bond donors (Lipinski definition) is 1. The Kier molecular flexibility index (Phi) is 6.30. The molecule has 1 aromatic rings. The number of morpholine rings is 1. The Morgan fingerprint density at radius 2 is 1.95 bits per heavy atom. The van der Waals surface area contributed by atoms with Gasteiger partial charge in [0.2, 0.25) is 0 Å². The summed E-state index contributed by atoms with van der Waals surface area (Å²) in [5.41, 5.74) is 1.30. The van der Waals surface area contributed by atoms with Gasteiger partial charge in [0.1, 0.15) is 5.75 Å². The summed E-state index contributed by atoms with van der Waals surface area (Å²) in [6.45, 7) is 8.33. The van der Waals surface area contributed by atoms with Crippen molar-refractivity contribution >= 4 is 0 Å². The van der Waals surface area contributed by atoms with E-state index in [-0.39, 0.29) is 0 Å². The third-order valence-corrected chi connectivity index (χ3v) is 3.82. The maximum atomic E-state index is 5.35. The van der Waals surface area contributed by atoms with Gasteiger partial charge in [-0.2, -0.15) is 0 Å². The van der Waals surface area contributed by atoms with Gasteiger partial charge < -0.3 is 14.8 Å². The summed E-state index contributed by atoms with van der Waals surface area (Å²) >= 11 is 0. The number of hydrogen-bond acceptors (Lipinski definition) is 4. The molecule has 1 N–H and O–H groups in total. The third-order valence-electron chi connectivity index (χ3n) is 3.82. The molecule has 1 unspecified atom stereocenters. The lowest BCUT2D eigenvalue weighted by Gasteiger charge is -2.26. The minimum atomic E-state index is 0.380. The van der Waals surface area contributed by atoms with E-state index in [1.165, 1.54) is 12.0 Å². The molecule has 20 heavy (non-hydrogen) atoms. The average Bonchev–Trinajstić information content (AvgIpc) is 2.52. The molecule has 0 radical (unpaired) electrons. The second kappa shape index (κ2) is 8.25. The van der Waals surface area contributed by atoms with Crippen molar-refractivity contribution in [1.29, 1.82) is 0 Å². The van der Waals surface area contributed by atoms with Crippen LogP contribution in [0.2, 0.25) is 0 Å². The Morgan fingerprint density at radius 3 is 2.60 bits per heavy atom. The van der Waals surface area contributed by atoms with Gasteiger partial charge in [-0.1, -0.05) is 12.1 Å². The summed E-state index contributed by atoms with van der Waals surface area (Å²) < 4.78 is 10.5. The maximum Gasteiger partial charge on any atom is 0.118 e. The predicted octanol–water partition coefficient (Wildman–Crippen LogP) is 2.07. The Balaban J connectivity index is 1.64. The van der Waals surface area contributed by atoms with Gasteiger partial charge in [0.05, 0.1) is 20.3 Å². The number of ether oxygens (including phenoxy) is 2. The van der Waals surface area contributed by atoms with Gasteiger partial charge in [0, 0.05) is 19.1 Å². The Labute approximate surface area is 122 Å². The van der Waals surface area contributed by atoms with E-state index < -0.39 is 0 Å². The largest absolute Gasteiger partial charge is 0.497 e. The topological polar surface area (TPSA) is 33.7 Å². The first-order valence-corrected chi connectivity index (χ1v) is 7.47. The summed E-state index contributed by atoms with van der Waals surface area (Å²) in [6, 6.07) is 8.66. The smallest absolute Gasteiger partial charge is 0.118 e. The van der Waals surface area contributed by atoms with Crippen molar-refractivity contribution < 1.29 is 9.47 Å². The van der Waals surface area contributed by atoms with Crippen LogP contribution in [0.25, 0.3) is 0 Å².